The van der Waals surface area contributed by atoms with Crippen LogP contribution in [0.1, 0.15) is 21.7 Å². The molecule has 4 aromatic rings. The van der Waals surface area contributed by atoms with Crippen LogP contribution >= 0.6 is 0 Å². The van der Waals surface area contributed by atoms with Gasteiger partial charge in [-0.3, -0.25) is 19.3 Å². The first-order valence-corrected chi connectivity index (χ1v) is 11.8. The maximum absolute atomic E-state index is 13.2. The zero-order chi connectivity index (χ0) is 24.4. The molecule has 1 aliphatic rings. The van der Waals surface area contributed by atoms with Crippen LogP contribution < -0.4 is 10.2 Å². The van der Waals surface area contributed by atoms with Crippen molar-refractivity contribution in [3.05, 3.63) is 83.9 Å². The van der Waals surface area contributed by atoms with E-state index in [4.69, 9.17) is 0 Å². The van der Waals surface area contributed by atoms with Crippen LogP contribution in [0, 0.1) is 13.8 Å². The number of carbonyl (C=O) groups is 2. The lowest BCUT2D eigenvalue weighted by Gasteiger charge is -2.37. The van der Waals surface area contributed by atoms with E-state index < -0.39 is 0 Å². The Morgan fingerprint density at radius 2 is 1.74 bits per heavy atom. The third-order valence-corrected chi connectivity index (χ3v) is 6.41. The number of anilines is 2. The number of pyridine rings is 1. The number of hydrogen-bond donors (Lipinski definition) is 1. The highest BCUT2D eigenvalue weighted by Gasteiger charge is 2.24. The zero-order valence-electron chi connectivity index (χ0n) is 19.9. The van der Waals surface area contributed by atoms with Crippen LogP contribution in [0.4, 0.5) is 11.4 Å². The van der Waals surface area contributed by atoms with Crippen LogP contribution in [0.15, 0.2) is 67.0 Å². The SMILES string of the molecule is Cc1cc(C)n(CC(=O)N2CCN(c3ccccc3C(=O)Nc3ccc4cnccc4c3)CC2)n1. The molecule has 0 aliphatic carbocycles. The summed E-state index contributed by atoms with van der Waals surface area (Å²) >= 11 is 0. The Morgan fingerprint density at radius 1 is 0.943 bits per heavy atom. The smallest absolute Gasteiger partial charge is 0.257 e. The topological polar surface area (TPSA) is 83.4 Å². The summed E-state index contributed by atoms with van der Waals surface area (Å²) in [4.78, 5) is 34.2. The van der Waals surface area contributed by atoms with E-state index in [2.05, 4.69) is 20.3 Å². The number of aryl methyl sites for hydroxylation is 2. The predicted molar refractivity (Wildman–Crippen MR) is 137 cm³/mol. The second kappa shape index (κ2) is 9.58. The summed E-state index contributed by atoms with van der Waals surface area (Å²) in [5.74, 6) is -0.0922. The summed E-state index contributed by atoms with van der Waals surface area (Å²) in [6.07, 6.45) is 3.54. The molecule has 0 unspecified atom stereocenters. The second-order valence-corrected chi connectivity index (χ2v) is 8.86. The first-order chi connectivity index (χ1) is 17.0. The molecule has 1 fully saturated rings. The Balaban J connectivity index is 1.25. The van der Waals surface area contributed by atoms with Crippen molar-refractivity contribution in [2.45, 2.75) is 20.4 Å². The number of piperazine rings is 1. The van der Waals surface area contributed by atoms with Crippen molar-refractivity contribution < 1.29 is 9.59 Å². The standard InChI is InChI=1S/C27H28N6O2/c1-19-15-20(2)33(30-19)18-26(34)32-13-11-31(12-14-32)25-6-4-3-5-24(25)27(35)29-23-8-7-22-17-28-10-9-21(22)16-23/h3-10,15-17H,11-14,18H2,1-2H3,(H,29,35). The molecule has 2 amide bonds. The number of rotatable bonds is 5. The third kappa shape index (κ3) is 4.87. The number of hydrogen-bond acceptors (Lipinski definition) is 5. The molecule has 0 bridgehead atoms. The molecular formula is C27H28N6O2. The average molecular weight is 469 g/mol. The highest BCUT2D eigenvalue weighted by atomic mass is 16.2. The molecule has 2 aromatic carbocycles. The second-order valence-electron chi connectivity index (χ2n) is 8.86. The van der Waals surface area contributed by atoms with Gasteiger partial charge < -0.3 is 15.1 Å². The lowest BCUT2D eigenvalue weighted by molar-refractivity contribution is -0.132. The minimum Gasteiger partial charge on any atom is -0.367 e. The van der Waals surface area contributed by atoms with Crippen LogP contribution in [-0.2, 0) is 11.3 Å². The number of aromatic nitrogens is 3. The van der Waals surface area contributed by atoms with Crippen molar-refractivity contribution >= 4 is 34.0 Å². The molecule has 178 valence electrons. The summed E-state index contributed by atoms with van der Waals surface area (Å²) < 4.78 is 1.76. The Bertz CT molecular complexity index is 1390. The molecule has 0 atom stereocenters. The first-order valence-electron chi connectivity index (χ1n) is 11.8. The Morgan fingerprint density at radius 3 is 2.51 bits per heavy atom. The van der Waals surface area contributed by atoms with Gasteiger partial charge in [0, 0.05) is 61.0 Å². The van der Waals surface area contributed by atoms with Gasteiger partial charge in [-0.25, -0.2) is 0 Å². The van der Waals surface area contributed by atoms with Crippen LogP contribution in [0.2, 0.25) is 0 Å². The fourth-order valence-corrected chi connectivity index (χ4v) is 4.56. The normalized spacial score (nSPS) is 13.8. The van der Waals surface area contributed by atoms with Gasteiger partial charge in [-0.1, -0.05) is 18.2 Å². The third-order valence-electron chi connectivity index (χ3n) is 6.41. The van der Waals surface area contributed by atoms with Gasteiger partial charge in [-0.05, 0) is 55.6 Å². The molecule has 0 saturated carbocycles. The monoisotopic (exact) mass is 468 g/mol. The van der Waals surface area contributed by atoms with Gasteiger partial charge in [-0.15, -0.1) is 0 Å². The minimum atomic E-state index is -0.156. The van der Waals surface area contributed by atoms with Gasteiger partial charge in [0.2, 0.25) is 5.91 Å². The van der Waals surface area contributed by atoms with Crippen molar-refractivity contribution in [2.24, 2.45) is 0 Å². The van der Waals surface area contributed by atoms with Crippen LogP contribution in [-0.4, -0.2) is 57.7 Å². The Kier molecular flexibility index (Phi) is 6.18. The average Bonchev–Trinajstić information content (AvgIpc) is 3.20. The summed E-state index contributed by atoms with van der Waals surface area (Å²) in [5.41, 5.74) is 4.13. The molecule has 1 saturated heterocycles. The number of amides is 2. The van der Waals surface area contributed by atoms with Crippen LogP contribution in [0.25, 0.3) is 10.8 Å². The van der Waals surface area contributed by atoms with Crippen molar-refractivity contribution in [3.8, 4) is 0 Å². The number of nitrogens with one attached hydrogen (secondary N) is 1. The van der Waals surface area contributed by atoms with Gasteiger partial charge in [0.15, 0.2) is 0 Å². The molecule has 5 rings (SSSR count). The Labute approximate surface area is 204 Å². The Hall–Kier alpha value is -4.20. The number of benzene rings is 2. The zero-order valence-corrected chi connectivity index (χ0v) is 19.9. The molecule has 1 aliphatic heterocycles. The maximum Gasteiger partial charge on any atom is 0.257 e. The van der Waals surface area contributed by atoms with E-state index in [0.717, 1.165) is 33.5 Å². The molecule has 3 heterocycles. The van der Waals surface area contributed by atoms with Crippen molar-refractivity contribution in [1.29, 1.82) is 0 Å². The van der Waals surface area contributed by atoms with Crippen molar-refractivity contribution in [2.75, 3.05) is 36.4 Å². The molecule has 1 N–H and O–H groups in total. The molecule has 35 heavy (non-hydrogen) atoms. The highest BCUT2D eigenvalue weighted by Crippen LogP contribution is 2.24. The van der Waals surface area contributed by atoms with Gasteiger partial charge in [0.1, 0.15) is 6.54 Å². The molecule has 0 spiro atoms. The summed E-state index contributed by atoms with van der Waals surface area (Å²) in [6.45, 7) is 6.67. The summed E-state index contributed by atoms with van der Waals surface area (Å²) in [6, 6.07) is 17.3. The minimum absolute atomic E-state index is 0.0633. The number of carbonyl (C=O) groups excluding carboxylic acids is 2. The number of fused-ring (bicyclic) bond motifs is 1. The van der Waals surface area contributed by atoms with Crippen molar-refractivity contribution in [1.82, 2.24) is 19.7 Å². The van der Waals surface area contributed by atoms with Crippen LogP contribution in [0.3, 0.4) is 0 Å². The lowest BCUT2D eigenvalue weighted by Crippen LogP contribution is -2.50. The molecule has 0 radical (unpaired) electrons. The summed E-state index contributed by atoms with van der Waals surface area (Å²) in [7, 11) is 0. The van der Waals surface area contributed by atoms with E-state index in [-0.39, 0.29) is 18.4 Å². The quantitative estimate of drug-likeness (QED) is 0.483. The van der Waals surface area contributed by atoms with Gasteiger partial charge in [0.05, 0.1) is 11.3 Å². The molecular weight excluding hydrogens is 440 g/mol. The van der Waals surface area contributed by atoms with E-state index in [1.54, 1.807) is 17.1 Å². The van der Waals surface area contributed by atoms with Crippen molar-refractivity contribution in [3.63, 3.8) is 0 Å². The highest BCUT2D eigenvalue weighted by molar-refractivity contribution is 6.08. The van der Waals surface area contributed by atoms with Crippen LogP contribution in [0.5, 0.6) is 0 Å². The first kappa shape index (κ1) is 22.6. The molecule has 2 aromatic heterocycles. The van der Waals surface area contributed by atoms with E-state index in [1.807, 2.05) is 73.3 Å². The van der Waals surface area contributed by atoms with Gasteiger partial charge in [-0.2, -0.15) is 5.10 Å². The largest absolute Gasteiger partial charge is 0.367 e. The molecule has 8 nitrogen and oxygen atoms in total. The lowest BCUT2D eigenvalue weighted by atomic mass is 10.1. The van der Waals surface area contributed by atoms with Gasteiger partial charge >= 0.3 is 0 Å². The fourth-order valence-electron chi connectivity index (χ4n) is 4.56. The maximum atomic E-state index is 13.2. The van der Waals surface area contributed by atoms with E-state index in [9.17, 15) is 9.59 Å². The van der Waals surface area contributed by atoms with E-state index in [1.165, 1.54) is 0 Å². The van der Waals surface area contributed by atoms with Gasteiger partial charge in [0.25, 0.3) is 5.91 Å². The van der Waals surface area contributed by atoms with E-state index in [0.29, 0.717) is 31.7 Å². The summed E-state index contributed by atoms with van der Waals surface area (Å²) in [5, 5.41) is 9.48. The predicted octanol–water partition coefficient (Wildman–Crippen LogP) is 3.65. The number of para-hydroxylation sites is 1. The number of nitrogens with zero attached hydrogens (tertiary/aromatic N) is 5. The molecule has 8 heteroatoms. The van der Waals surface area contributed by atoms with E-state index >= 15 is 0 Å². The fraction of sp³-hybridized carbons (Fsp3) is 0.259.